The predicted molar refractivity (Wildman–Crippen MR) is 105 cm³/mol. The minimum absolute atomic E-state index is 0.315. The average Bonchev–Trinajstić information content (AvgIpc) is 2.66. The number of aryl methyl sites for hydroxylation is 1. The van der Waals surface area contributed by atoms with Crippen molar-refractivity contribution in [2.24, 2.45) is 23.7 Å². The van der Waals surface area contributed by atoms with Crippen molar-refractivity contribution in [3.05, 3.63) is 47.5 Å². The van der Waals surface area contributed by atoms with Crippen molar-refractivity contribution in [1.29, 1.82) is 0 Å². The molecule has 0 aliphatic heterocycles. The molecule has 2 aliphatic rings. The van der Waals surface area contributed by atoms with Crippen LogP contribution < -0.4 is 0 Å². The summed E-state index contributed by atoms with van der Waals surface area (Å²) in [7, 11) is 0. The minimum Gasteiger partial charge on any atom is -0.206 e. The van der Waals surface area contributed by atoms with Gasteiger partial charge < -0.3 is 0 Å². The first-order valence-corrected chi connectivity index (χ1v) is 10.9. The molecule has 0 amide bonds. The molecule has 0 heterocycles. The van der Waals surface area contributed by atoms with Crippen LogP contribution in [0.4, 0.5) is 22.0 Å². The van der Waals surface area contributed by atoms with E-state index in [1.54, 1.807) is 0 Å². The summed E-state index contributed by atoms with van der Waals surface area (Å²) < 4.78 is 65.5. The molecule has 5 heteroatoms. The molecule has 0 N–H and O–H groups in total. The topological polar surface area (TPSA) is 0 Å². The molecule has 0 saturated heterocycles. The van der Waals surface area contributed by atoms with Gasteiger partial charge in [0, 0.05) is 0 Å². The second-order valence-electron chi connectivity index (χ2n) is 9.06. The first-order valence-electron chi connectivity index (χ1n) is 10.9. The lowest BCUT2D eigenvalue weighted by Gasteiger charge is -2.37. The van der Waals surface area contributed by atoms with Gasteiger partial charge in [-0.05, 0) is 99.2 Å². The van der Waals surface area contributed by atoms with E-state index in [-0.39, 0.29) is 0 Å². The summed E-state index contributed by atoms with van der Waals surface area (Å²) in [6.45, 7) is 3.84. The van der Waals surface area contributed by atoms with E-state index in [0.29, 0.717) is 17.9 Å². The summed E-state index contributed by atoms with van der Waals surface area (Å²) in [5, 5.41) is 0. The van der Waals surface area contributed by atoms with Gasteiger partial charge in [-0.25, -0.2) is 8.78 Å². The van der Waals surface area contributed by atoms with E-state index in [4.69, 9.17) is 0 Å². The molecular formula is C24H31F5. The van der Waals surface area contributed by atoms with Crippen LogP contribution in [0.3, 0.4) is 0 Å². The molecule has 0 nitrogen and oxygen atoms in total. The molecule has 2 saturated carbocycles. The maximum absolute atomic E-state index is 13.7. The van der Waals surface area contributed by atoms with Crippen molar-refractivity contribution in [2.75, 3.05) is 0 Å². The van der Waals surface area contributed by atoms with Crippen LogP contribution in [-0.2, 0) is 12.6 Å². The van der Waals surface area contributed by atoms with Gasteiger partial charge in [-0.3, -0.25) is 0 Å². The van der Waals surface area contributed by atoms with Crippen molar-refractivity contribution in [3.63, 3.8) is 0 Å². The Morgan fingerprint density at radius 3 is 1.76 bits per heavy atom. The number of hydrogen-bond donors (Lipinski definition) is 0. The Labute approximate surface area is 170 Å². The number of allylic oxidation sites excluding steroid dienone is 1. The fraction of sp³-hybridized carbons (Fsp3) is 0.667. The normalized spacial score (nSPS) is 28.3. The lowest BCUT2D eigenvalue weighted by molar-refractivity contribution is -0.142. The molecule has 2 aliphatic carbocycles. The lowest BCUT2D eigenvalue weighted by Crippen LogP contribution is -2.26. The fourth-order valence-corrected chi connectivity index (χ4v) is 5.49. The molecule has 0 spiro atoms. The SMILES string of the molecule is C=CC[C@H]1CC[C@H]([C@H]2CC[C@H](CCc3cc(F)c(C(F)(F)F)c(F)c3)CC2)CC1. The van der Waals surface area contributed by atoms with Gasteiger partial charge in [-0.15, -0.1) is 6.58 Å². The molecule has 0 bridgehead atoms. The molecule has 0 radical (unpaired) electrons. The Bertz CT molecular complexity index is 654. The maximum Gasteiger partial charge on any atom is 0.422 e. The standard InChI is InChI=1S/C24H31F5/c1-2-3-16-6-10-19(11-7-16)20-12-8-17(9-13-20)4-5-18-14-21(25)23(22(26)15-18)24(27,28)29/h2,14-17,19-20H,1,3-13H2/t16-,17-,19-,20-. The first-order chi connectivity index (χ1) is 13.8. The van der Waals surface area contributed by atoms with Crippen molar-refractivity contribution >= 4 is 0 Å². The molecule has 0 unspecified atom stereocenters. The maximum atomic E-state index is 13.7. The molecule has 3 rings (SSSR count). The van der Waals surface area contributed by atoms with E-state index >= 15 is 0 Å². The highest BCUT2D eigenvalue weighted by atomic mass is 19.4. The molecular weight excluding hydrogens is 383 g/mol. The van der Waals surface area contributed by atoms with Gasteiger partial charge in [0.05, 0.1) is 0 Å². The molecule has 29 heavy (non-hydrogen) atoms. The Morgan fingerprint density at radius 1 is 0.828 bits per heavy atom. The Hall–Kier alpha value is -1.39. The number of hydrogen-bond acceptors (Lipinski definition) is 0. The van der Waals surface area contributed by atoms with Gasteiger partial charge in [0.1, 0.15) is 17.2 Å². The van der Waals surface area contributed by atoms with E-state index in [1.807, 2.05) is 6.08 Å². The highest BCUT2D eigenvalue weighted by Crippen LogP contribution is 2.43. The summed E-state index contributed by atoms with van der Waals surface area (Å²) >= 11 is 0. The third-order valence-corrected chi connectivity index (χ3v) is 7.18. The largest absolute Gasteiger partial charge is 0.422 e. The molecule has 162 valence electrons. The number of halogens is 5. The third-order valence-electron chi connectivity index (χ3n) is 7.18. The molecule has 0 aromatic heterocycles. The number of rotatable bonds is 6. The highest BCUT2D eigenvalue weighted by Gasteiger charge is 2.38. The zero-order valence-corrected chi connectivity index (χ0v) is 16.9. The first kappa shape index (κ1) is 22.3. The zero-order valence-electron chi connectivity index (χ0n) is 16.9. The smallest absolute Gasteiger partial charge is 0.206 e. The third kappa shape index (κ3) is 5.82. The van der Waals surface area contributed by atoms with Crippen LogP contribution in [0.25, 0.3) is 0 Å². The van der Waals surface area contributed by atoms with Crippen LogP contribution >= 0.6 is 0 Å². The summed E-state index contributed by atoms with van der Waals surface area (Å²) in [6, 6.07) is 1.69. The molecule has 0 atom stereocenters. The Morgan fingerprint density at radius 2 is 1.31 bits per heavy atom. The van der Waals surface area contributed by atoms with E-state index in [0.717, 1.165) is 55.6 Å². The monoisotopic (exact) mass is 414 g/mol. The van der Waals surface area contributed by atoms with Crippen LogP contribution in [-0.4, -0.2) is 0 Å². The fourth-order valence-electron chi connectivity index (χ4n) is 5.49. The number of benzene rings is 1. The predicted octanol–water partition coefficient (Wildman–Crippen LogP) is 8.11. The summed E-state index contributed by atoms with van der Waals surface area (Å²) in [6.07, 6.45) is 9.25. The van der Waals surface area contributed by atoms with Crippen LogP contribution in [0, 0.1) is 35.3 Å². The van der Waals surface area contributed by atoms with Crippen LogP contribution in [0.15, 0.2) is 24.8 Å². The number of alkyl halides is 3. The lowest BCUT2D eigenvalue weighted by atomic mass is 9.68. The van der Waals surface area contributed by atoms with E-state index in [2.05, 4.69) is 6.58 Å². The van der Waals surface area contributed by atoms with E-state index in [9.17, 15) is 22.0 Å². The molecule has 1 aromatic rings. The van der Waals surface area contributed by atoms with Crippen LogP contribution in [0.2, 0.25) is 0 Å². The quantitative estimate of drug-likeness (QED) is 0.326. The highest BCUT2D eigenvalue weighted by molar-refractivity contribution is 5.28. The Kier molecular flexibility index (Phi) is 7.39. The molecule has 2 fully saturated rings. The van der Waals surface area contributed by atoms with Crippen molar-refractivity contribution in [3.8, 4) is 0 Å². The van der Waals surface area contributed by atoms with Gasteiger partial charge in [0.2, 0.25) is 0 Å². The van der Waals surface area contributed by atoms with Crippen LogP contribution in [0.5, 0.6) is 0 Å². The molecule has 1 aromatic carbocycles. The van der Waals surface area contributed by atoms with Gasteiger partial charge in [-0.1, -0.05) is 18.9 Å². The Balaban J connectivity index is 1.45. The second kappa shape index (κ2) is 9.61. The van der Waals surface area contributed by atoms with Crippen LogP contribution in [0.1, 0.15) is 75.3 Å². The second-order valence-corrected chi connectivity index (χ2v) is 9.06. The van der Waals surface area contributed by atoms with Gasteiger partial charge in [0.15, 0.2) is 0 Å². The van der Waals surface area contributed by atoms with Crippen molar-refractivity contribution < 1.29 is 22.0 Å². The van der Waals surface area contributed by atoms with Crippen molar-refractivity contribution in [2.45, 2.75) is 76.8 Å². The zero-order chi connectivity index (χ0) is 21.0. The average molecular weight is 415 g/mol. The summed E-state index contributed by atoms with van der Waals surface area (Å²) in [5.41, 5.74) is -1.47. The van der Waals surface area contributed by atoms with Gasteiger partial charge in [0.25, 0.3) is 0 Å². The van der Waals surface area contributed by atoms with Gasteiger partial charge in [-0.2, -0.15) is 13.2 Å². The van der Waals surface area contributed by atoms with Gasteiger partial charge >= 0.3 is 6.18 Å². The summed E-state index contributed by atoms with van der Waals surface area (Å²) in [4.78, 5) is 0. The minimum atomic E-state index is -5.00. The van der Waals surface area contributed by atoms with Crippen molar-refractivity contribution in [1.82, 2.24) is 0 Å². The summed E-state index contributed by atoms with van der Waals surface area (Å²) in [5.74, 6) is -0.0973. The van der Waals surface area contributed by atoms with E-state index < -0.39 is 23.4 Å². The van der Waals surface area contributed by atoms with E-state index in [1.165, 1.54) is 38.5 Å².